The van der Waals surface area contributed by atoms with Gasteiger partial charge in [0.1, 0.15) is 0 Å². The average Bonchev–Trinajstić information content (AvgIpc) is 2.51. The minimum atomic E-state index is 0. The number of guanidine groups is 1. The van der Waals surface area contributed by atoms with Crippen LogP contribution < -0.4 is 11.1 Å². The third-order valence-corrected chi connectivity index (χ3v) is 4.31. The molecule has 0 bridgehead atoms. The van der Waals surface area contributed by atoms with E-state index in [0.717, 1.165) is 18.7 Å². The summed E-state index contributed by atoms with van der Waals surface area (Å²) in [5.74, 6) is 1.14. The molecule has 0 aromatic heterocycles. The minimum absolute atomic E-state index is 0. The lowest BCUT2D eigenvalue weighted by Crippen LogP contribution is -2.38. The van der Waals surface area contributed by atoms with Gasteiger partial charge in [0.2, 0.25) is 0 Å². The van der Waals surface area contributed by atoms with Crippen molar-refractivity contribution in [1.29, 1.82) is 0 Å². The summed E-state index contributed by atoms with van der Waals surface area (Å²) in [7, 11) is 4.24. The Balaban J connectivity index is 0.00000484. The number of hydrogen-bond donors (Lipinski definition) is 2. The lowest BCUT2D eigenvalue weighted by molar-refractivity contribution is 0.206. The van der Waals surface area contributed by atoms with Gasteiger partial charge in [-0.2, -0.15) is 0 Å². The topological polar surface area (TPSA) is 53.6 Å². The van der Waals surface area contributed by atoms with Gasteiger partial charge in [-0.05, 0) is 44.1 Å². The molecule has 4 nitrogen and oxygen atoms in total. The predicted octanol–water partition coefficient (Wildman–Crippen LogP) is 3.96. The molecular weight excluding hydrogens is 399 g/mol. The van der Waals surface area contributed by atoms with Crippen LogP contribution >= 0.6 is 24.0 Å². The molecule has 1 unspecified atom stereocenters. The summed E-state index contributed by atoms with van der Waals surface area (Å²) in [5.41, 5.74) is 8.35. The number of likely N-dealkylation sites (N-methyl/N-ethyl adjacent to an activating group) is 1. The Labute approximate surface area is 158 Å². The number of aliphatic imine (C=N–C) groups is 1. The summed E-state index contributed by atoms with van der Waals surface area (Å²) >= 11 is 0. The number of hydrogen-bond acceptors (Lipinski definition) is 2. The van der Waals surface area contributed by atoms with E-state index < -0.39 is 0 Å². The van der Waals surface area contributed by atoms with E-state index in [1.165, 1.54) is 18.4 Å². The van der Waals surface area contributed by atoms with E-state index in [1.54, 1.807) is 0 Å². The van der Waals surface area contributed by atoms with Gasteiger partial charge in [0.05, 0.1) is 6.54 Å². The number of nitrogens with zero attached hydrogens (tertiary/aromatic N) is 2. The Morgan fingerprint density at radius 2 is 1.87 bits per heavy atom. The van der Waals surface area contributed by atoms with Crippen molar-refractivity contribution in [3.05, 3.63) is 29.8 Å². The van der Waals surface area contributed by atoms with Crippen molar-refractivity contribution in [3.8, 4) is 0 Å². The van der Waals surface area contributed by atoms with Crippen molar-refractivity contribution in [3.63, 3.8) is 0 Å². The molecule has 5 heteroatoms. The molecule has 0 saturated carbocycles. The molecule has 3 N–H and O–H groups in total. The highest BCUT2D eigenvalue weighted by atomic mass is 127. The zero-order chi connectivity index (χ0) is 16.5. The molecule has 0 saturated heterocycles. The quantitative estimate of drug-likeness (QED) is 0.372. The number of rotatable bonds is 8. The lowest BCUT2D eigenvalue weighted by Gasteiger charge is -2.30. The number of nitrogens with one attached hydrogen (secondary N) is 1. The number of aryl methyl sites for hydroxylation is 1. The van der Waals surface area contributed by atoms with E-state index in [2.05, 4.69) is 62.2 Å². The monoisotopic (exact) mass is 432 g/mol. The van der Waals surface area contributed by atoms with Gasteiger partial charge in [0.15, 0.2) is 5.96 Å². The highest BCUT2D eigenvalue weighted by Crippen LogP contribution is 2.17. The Kier molecular flexibility index (Phi) is 11.3. The second kappa shape index (κ2) is 11.7. The zero-order valence-corrected chi connectivity index (χ0v) is 17.5. The highest BCUT2D eigenvalue weighted by Gasteiger charge is 2.20. The van der Waals surface area contributed by atoms with Gasteiger partial charge >= 0.3 is 0 Å². The number of benzene rings is 1. The van der Waals surface area contributed by atoms with Gasteiger partial charge in [0.25, 0.3) is 0 Å². The van der Waals surface area contributed by atoms with Crippen molar-refractivity contribution < 1.29 is 0 Å². The first-order valence-electron chi connectivity index (χ1n) is 8.34. The summed E-state index contributed by atoms with van der Waals surface area (Å²) in [6, 6.07) is 8.73. The first-order valence-corrected chi connectivity index (χ1v) is 8.34. The van der Waals surface area contributed by atoms with Crippen LogP contribution in [0.3, 0.4) is 0 Å². The fourth-order valence-corrected chi connectivity index (χ4v) is 2.82. The van der Waals surface area contributed by atoms with Gasteiger partial charge < -0.3 is 16.0 Å². The van der Waals surface area contributed by atoms with Gasteiger partial charge in [0, 0.05) is 11.7 Å². The molecule has 1 aromatic rings. The fraction of sp³-hybridized carbons (Fsp3) is 0.611. The van der Waals surface area contributed by atoms with E-state index in [0.29, 0.717) is 17.9 Å². The summed E-state index contributed by atoms with van der Waals surface area (Å²) in [5, 5.41) is 3.20. The Hall–Kier alpha value is -0.820. The second-order valence-corrected chi connectivity index (χ2v) is 6.01. The van der Waals surface area contributed by atoms with Crippen LogP contribution in [0.1, 0.15) is 39.2 Å². The van der Waals surface area contributed by atoms with E-state index in [4.69, 9.17) is 5.73 Å². The van der Waals surface area contributed by atoms with Crippen LogP contribution in [-0.4, -0.2) is 37.5 Å². The van der Waals surface area contributed by atoms with Crippen LogP contribution in [0.2, 0.25) is 0 Å². The molecule has 132 valence electrons. The van der Waals surface area contributed by atoms with E-state index >= 15 is 0 Å². The summed E-state index contributed by atoms with van der Waals surface area (Å²) in [6.45, 7) is 7.36. The van der Waals surface area contributed by atoms with Gasteiger partial charge in [-0.25, -0.2) is 0 Å². The third-order valence-electron chi connectivity index (χ3n) is 4.31. The normalized spacial score (nSPS) is 13.1. The zero-order valence-electron chi connectivity index (χ0n) is 15.2. The van der Waals surface area contributed by atoms with Crippen LogP contribution in [0.5, 0.6) is 0 Å². The standard InChI is InChI=1S/C18H32N4.HI/c1-6-14-10-9-11-16(12-14)21-18(19)20-13-17(22(4)5)15(7-2)8-3;/h9-12,15,17H,6-8,13H2,1-5H3,(H3,19,20,21);1H. The maximum absolute atomic E-state index is 6.05. The molecular formula is C18H33IN4. The Bertz CT molecular complexity index is 470. The molecule has 23 heavy (non-hydrogen) atoms. The molecule has 1 rings (SSSR count). The minimum Gasteiger partial charge on any atom is -0.370 e. The highest BCUT2D eigenvalue weighted by molar-refractivity contribution is 14.0. The maximum Gasteiger partial charge on any atom is 0.193 e. The van der Waals surface area contributed by atoms with Gasteiger partial charge in [-0.3, -0.25) is 4.99 Å². The predicted molar refractivity (Wildman–Crippen MR) is 113 cm³/mol. The van der Waals surface area contributed by atoms with Crippen molar-refractivity contribution in [2.24, 2.45) is 16.6 Å². The van der Waals surface area contributed by atoms with Crippen molar-refractivity contribution >= 4 is 35.6 Å². The van der Waals surface area contributed by atoms with E-state index in [1.807, 2.05) is 12.1 Å². The number of nitrogens with two attached hydrogens (primary N) is 1. The molecule has 0 amide bonds. The molecule has 0 aliphatic carbocycles. The van der Waals surface area contributed by atoms with Crippen LogP contribution in [0.25, 0.3) is 0 Å². The first-order chi connectivity index (χ1) is 10.5. The average molecular weight is 432 g/mol. The smallest absolute Gasteiger partial charge is 0.193 e. The second-order valence-electron chi connectivity index (χ2n) is 6.01. The van der Waals surface area contributed by atoms with Crippen molar-refractivity contribution in [2.45, 2.75) is 46.1 Å². The summed E-state index contributed by atoms with van der Waals surface area (Å²) in [6.07, 6.45) is 3.35. The molecule has 0 heterocycles. The van der Waals surface area contributed by atoms with Crippen LogP contribution in [0.4, 0.5) is 5.69 Å². The van der Waals surface area contributed by atoms with Crippen LogP contribution in [0, 0.1) is 5.92 Å². The van der Waals surface area contributed by atoms with Gasteiger partial charge in [-0.1, -0.05) is 45.7 Å². The molecule has 1 aromatic carbocycles. The van der Waals surface area contributed by atoms with Crippen molar-refractivity contribution in [1.82, 2.24) is 4.90 Å². The number of halogens is 1. The Morgan fingerprint density at radius 3 is 2.39 bits per heavy atom. The first kappa shape index (κ1) is 22.2. The maximum atomic E-state index is 6.05. The SMILES string of the molecule is CCc1cccc(NC(N)=NCC(C(CC)CC)N(C)C)c1.I. The van der Waals surface area contributed by atoms with Crippen LogP contribution in [0.15, 0.2) is 29.3 Å². The van der Waals surface area contributed by atoms with E-state index in [-0.39, 0.29) is 24.0 Å². The largest absolute Gasteiger partial charge is 0.370 e. The molecule has 0 spiro atoms. The Morgan fingerprint density at radius 1 is 1.22 bits per heavy atom. The van der Waals surface area contributed by atoms with Gasteiger partial charge in [-0.15, -0.1) is 24.0 Å². The molecule has 0 fully saturated rings. The fourth-order valence-electron chi connectivity index (χ4n) is 2.82. The van der Waals surface area contributed by atoms with E-state index in [9.17, 15) is 0 Å². The van der Waals surface area contributed by atoms with Crippen molar-refractivity contribution in [2.75, 3.05) is 26.0 Å². The summed E-state index contributed by atoms with van der Waals surface area (Å²) < 4.78 is 0. The molecule has 1 atom stereocenters. The molecule has 0 aliphatic heterocycles. The lowest BCUT2D eigenvalue weighted by atomic mass is 9.93. The van der Waals surface area contributed by atoms with Crippen LogP contribution in [-0.2, 0) is 6.42 Å². The number of anilines is 1. The molecule has 0 aliphatic rings. The summed E-state index contributed by atoms with van der Waals surface area (Å²) in [4.78, 5) is 6.81. The molecule has 0 radical (unpaired) electrons. The third kappa shape index (κ3) is 7.52.